The van der Waals surface area contributed by atoms with Crippen molar-refractivity contribution in [3.63, 3.8) is 0 Å². The van der Waals surface area contributed by atoms with Gasteiger partial charge in [-0.1, -0.05) is 29.3 Å². The fraction of sp³-hybridized carbons (Fsp3) is 0.429. The van der Waals surface area contributed by atoms with E-state index in [1.165, 1.54) is 23.1 Å². The van der Waals surface area contributed by atoms with Crippen LogP contribution in [0.25, 0.3) is 0 Å². The first-order valence-electron chi connectivity index (χ1n) is 7.23. The van der Waals surface area contributed by atoms with Gasteiger partial charge < -0.3 is 10.6 Å². The molecule has 1 aromatic carbocycles. The van der Waals surface area contributed by atoms with Crippen LogP contribution in [0.4, 0.5) is 0 Å². The summed E-state index contributed by atoms with van der Waals surface area (Å²) in [6.45, 7) is 0.338. The van der Waals surface area contributed by atoms with Gasteiger partial charge in [-0.2, -0.15) is 0 Å². The van der Waals surface area contributed by atoms with Crippen molar-refractivity contribution in [2.75, 3.05) is 19.6 Å². The smallest absolute Gasteiger partial charge is 0.242 e. The molecule has 0 saturated carbocycles. The number of likely N-dealkylation sites (tertiary alicyclic amines) is 1. The summed E-state index contributed by atoms with van der Waals surface area (Å²) in [7, 11) is -3.96. The van der Waals surface area contributed by atoms with Crippen LogP contribution < -0.4 is 10.5 Å². The molecule has 1 aliphatic heterocycles. The van der Waals surface area contributed by atoms with Crippen molar-refractivity contribution in [2.24, 2.45) is 11.7 Å². The molecule has 1 aliphatic rings. The summed E-state index contributed by atoms with van der Waals surface area (Å²) in [6, 6.07) is 4.23. The van der Waals surface area contributed by atoms with Crippen LogP contribution in [0.5, 0.6) is 0 Å². The van der Waals surface area contributed by atoms with Gasteiger partial charge in [0.1, 0.15) is 4.90 Å². The maximum Gasteiger partial charge on any atom is 0.242 e. The van der Waals surface area contributed by atoms with Crippen LogP contribution in [0.15, 0.2) is 23.1 Å². The molecule has 0 spiro atoms. The number of hydrogen-bond acceptors (Lipinski definition) is 4. The van der Waals surface area contributed by atoms with E-state index < -0.39 is 16.6 Å². The molecule has 7 nitrogen and oxygen atoms in total. The number of benzene rings is 1. The summed E-state index contributed by atoms with van der Waals surface area (Å²) in [6.07, 6.45) is 0.960. The van der Waals surface area contributed by atoms with Crippen molar-refractivity contribution >= 4 is 45.0 Å². The molecule has 2 rings (SSSR count). The SMILES string of the molecule is NC(=O)C1CCN(C(=O)CNS(=O)(=O)c2cccc(Cl)c2Cl)CC1. The Kier molecular flexibility index (Phi) is 6.08. The minimum atomic E-state index is -3.96. The predicted octanol–water partition coefficient (Wildman–Crippen LogP) is 0.996. The maximum absolute atomic E-state index is 12.2. The number of piperidine rings is 1. The third-order valence-corrected chi connectivity index (χ3v) is 6.24. The Morgan fingerprint density at radius 3 is 2.46 bits per heavy atom. The molecule has 1 aromatic rings. The highest BCUT2D eigenvalue weighted by molar-refractivity contribution is 7.89. The van der Waals surface area contributed by atoms with E-state index in [0.717, 1.165) is 0 Å². The van der Waals surface area contributed by atoms with E-state index in [2.05, 4.69) is 4.72 Å². The van der Waals surface area contributed by atoms with Gasteiger partial charge >= 0.3 is 0 Å². The summed E-state index contributed by atoms with van der Waals surface area (Å²) < 4.78 is 26.7. The molecule has 2 amide bonds. The Balaban J connectivity index is 1.96. The lowest BCUT2D eigenvalue weighted by Gasteiger charge is -2.30. The van der Waals surface area contributed by atoms with Gasteiger partial charge in [-0.05, 0) is 25.0 Å². The number of rotatable bonds is 5. The standard InChI is InChI=1S/C14H17Cl2N3O4S/c15-10-2-1-3-11(13(10)16)24(22,23)18-8-12(20)19-6-4-9(5-7-19)14(17)21/h1-3,9,18H,4-8H2,(H2,17,21). The lowest BCUT2D eigenvalue weighted by molar-refractivity contribution is -0.133. The number of nitrogens with one attached hydrogen (secondary N) is 1. The van der Waals surface area contributed by atoms with E-state index in [9.17, 15) is 18.0 Å². The van der Waals surface area contributed by atoms with Gasteiger partial charge in [-0.15, -0.1) is 0 Å². The molecule has 3 N–H and O–H groups in total. The topological polar surface area (TPSA) is 110 Å². The second-order valence-corrected chi connectivity index (χ2v) is 7.95. The Hall–Kier alpha value is -1.35. The minimum absolute atomic E-state index is 0.0959. The molecular weight excluding hydrogens is 377 g/mol. The van der Waals surface area contributed by atoms with Crippen LogP contribution in [0.2, 0.25) is 10.0 Å². The highest BCUT2D eigenvalue weighted by Gasteiger charge is 2.27. The van der Waals surface area contributed by atoms with E-state index in [0.29, 0.717) is 25.9 Å². The van der Waals surface area contributed by atoms with Crippen LogP contribution >= 0.6 is 23.2 Å². The average Bonchev–Trinajstić information content (AvgIpc) is 2.55. The van der Waals surface area contributed by atoms with Gasteiger partial charge in [-0.25, -0.2) is 13.1 Å². The molecule has 0 unspecified atom stereocenters. The number of sulfonamides is 1. The molecule has 1 fully saturated rings. The molecule has 10 heteroatoms. The Bertz CT molecular complexity index is 746. The molecule has 0 bridgehead atoms. The van der Waals surface area contributed by atoms with Gasteiger partial charge in [0, 0.05) is 19.0 Å². The number of amides is 2. The molecule has 1 heterocycles. The van der Waals surface area contributed by atoms with Crippen molar-refractivity contribution < 1.29 is 18.0 Å². The van der Waals surface area contributed by atoms with E-state index in [4.69, 9.17) is 28.9 Å². The van der Waals surface area contributed by atoms with Crippen LogP contribution in [0, 0.1) is 5.92 Å². The third-order valence-electron chi connectivity index (χ3n) is 3.87. The summed E-state index contributed by atoms with van der Waals surface area (Å²) in [5, 5.41) is 0.0146. The number of nitrogens with zero attached hydrogens (tertiary/aromatic N) is 1. The van der Waals surface area contributed by atoms with Gasteiger partial charge in [0.15, 0.2) is 0 Å². The summed E-state index contributed by atoms with van der Waals surface area (Å²) in [4.78, 5) is 24.6. The largest absolute Gasteiger partial charge is 0.369 e. The first kappa shape index (κ1) is 19.0. The zero-order chi connectivity index (χ0) is 17.9. The van der Waals surface area contributed by atoms with Crippen molar-refractivity contribution in [1.29, 1.82) is 0 Å². The third kappa shape index (κ3) is 4.38. The molecule has 0 atom stereocenters. The van der Waals surface area contributed by atoms with Crippen LogP contribution in [-0.4, -0.2) is 44.8 Å². The van der Waals surface area contributed by atoms with Crippen LogP contribution in [0.3, 0.4) is 0 Å². The van der Waals surface area contributed by atoms with Crippen molar-refractivity contribution in [2.45, 2.75) is 17.7 Å². The number of hydrogen-bond donors (Lipinski definition) is 2. The van der Waals surface area contributed by atoms with Gasteiger partial charge in [0.2, 0.25) is 21.8 Å². The molecule has 24 heavy (non-hydrogen) atoms. The monoisotopic (exact) mass is 393 g/mol. The lowest BCUT2D eigenvalue weighted by Crippen LogP contribution is -2.45. The summed E-state index contributed by atoms with van der Waals surface area (Å²) in [5.41, 5.74) is 5.24. The zero-order valence-electron chi connectivity index (χ0n) is 12.7. The number of nitrogens with two attached hydrogens (primary N) is 1. The number of halogens is 2. The fourth-order valence-electron chi connectivity index (χ4n) is 2.45. The van der Waals surface area contributed by atoms with E-state index in [1.54, 1.807) is 0 Å². The highest BCUT2D eigenvalue weighted by Crippen LogP contribution is 2.28. The maximum atomic E-state index is 12.2. The second kappa shape index (κ2) is 7.69. The van der Waals surface area contributed by atoms with Crippen LogP contribution in [0.1, 0.15) is 12.8 Å². The molecule has 0 radical (unpaired) electrons. The lowest BCUT2D eigenvalue weighted by atomic mass is 9.96. The van der Waals surface area contributed by atoms with Gasteiger partial charge in [0.25, 0.3) is 0 Å². The minimum Gasteiger partial charge on any atom is -0.369 e. The number of primary amides is 1. The van der Waals surface area contributed by atoms with Crippen molar-refractivity contribution in [3.8, 4) is 0 Å². The Morgan fingerprint density at radius 2 is 1.88 bits per heavy atom. The molecule has 1 saturated heterocycles. The van der Waals surface area contributed by atoms with E-state index in [-0.39, 0.29) is 32.7 Å². The van der Waals surface area contributed by atoms with E-state index >= 15 is 0 Å². The molecule has 0 aromatic heterocycles. The Morgan fingerprint density at radius 1 is 1.25 bits per heavy atom. The molecule has 0 aliphatic carbocycles. The summed E-state index contributed by atoms with van der Waals surface area (Å²) >= 11 is 11.7. The quantitative estimate of drug-likeness (QED) is 0.776. The van der Waals surface area contributed by atoms with Crippen molar-refractivity contribution in [1.82, 2.24) is 9.62 Å². The number of carbonyl (C=O) groups excluding carboxylic acids is 2. The zero-order valence-corrected chi connectivity index (χ0v) is 15.0. The average molecular weight is 394 g/mol. The van der Waals surface area contributed by atoms with Crippen molar-refractivity contribution in [3.05, 3.63) is 28.2 Å². The first-order chi connectivity index (χ1) is 11.2. The second-order valence-electron chi connectivity index (χ2n) is 5.43. The Labute approximate surface area is 150 Å². The highest BCUT2D eigenvalue weighted by atomic mass is 35.5. The first-order valence-corrected chi connectivity index (χ1v) is 9.47. The predicted molar refractivity (Wildman–Crippen MR) is 90.1 cm³/mol. The van der Waals surface area contributed by atoms with Gasteiger partial charge in [-0.3, -0.25) is 9.59 Å². The molecular formula is C14H17Cl2N3O4S. The fourth-order valence-corrected chi connectivity index (χ4v) is 4.19. The van der Waals surface area contributed by atoms with Crippen LogP contribution in [-0.2, 0) is 19.6 Å². The summed E-state index contributed by atoms with van der Waals surface area (Å²) in [5.74, 6) is -0.992. The van der Waals surface area contributed by atoms with Gasteiger partial charge in [0.05, 0.1) is 16.6 Å². The normalized spacial score (nSPS) is 16.2. The number of carbonyl (C=O) groups is 2. The molecule has 132 valence electrons. The van der Waals surface area contributed by atoms with E-state index in [1.807, 2.05) is 0 Å².